The largest absolute Gasteiger partial charge is 0.350 e. The maximum Gasteiger partial charge on any atom is 0.237 e. The summed E-state index contributed by atoms with van der Waals surface area (Å²) in [4.78, 5) is 12.7. The molecule has 90 valence electrons. The minimum absolute atomic E-state index is 0.0983. The number of halogens is 1. The molecule has 1 amide bonds. The second-order valence-electron chi connectivity index (χ2n) is 3.83. The molecule has 1 aromatic rings. The summed E-state index contributed by atoms with van der Waals surface area (Å²) in [6, 6.07) is 3.30. The number of thiophene rings is 1. The fourth-order valence-electron chi connectivity index (χ4n) is 1.25. The summed E-state index contributed by atoms with van der Waals surface area (Å²) in [5, 5.41) is 2.82. The number of amides is 1. The molecule has 3 nitrogen and oxygen atoms in total. The fourth-order valence-corrected chi connectivity index (χ4v) is 2.28. The molecule has 1 aromatic heterocycles. The Hall–Kier alpha value is -0.580. The van der Waals surface area contributed by atoms with Crippen molar-refractivity contribution in [2.75, 3.05) is 0 Å². The monoisotopic (exact) mass is 260 g/mol. The van der Waals surface area contributed by atoms with Crippen LogP contribution in [0.5, 0.6) is 0 Å². The molecule has 0 radical (unpaired) electrons. The molecule has 2 atom stereocenters. The average Bonchev–Trinajstić information content (AvgIpc) is 2.69. The maximum absolute atomic E-state index is 11.7. The standard InChI is InChI=1S/C11H17ClN2OS/c1-3-7(2)10(13)11(15)14-6-8-4-5-9(12)16-8/h4-5,7,10H,3,6,13H2,1-2H3,(H,14,15)/t7-,10-/m0/s1. The van der Waals surface area contributed by atoms with E-state index in [-0.39, 0.29) is 11.8 Å². The van der Waals surface area contributed by atoms with E-state index in [1.807, 2.05) is 26.0 Å². The third kappa shape index (κ3) is 3.77. The Morgan fingerprint density at radius 3 is 2.81 bits per heavy atom. The summed E-state index contributed by atoms with van der Waals surface area (Å²) in [6.07, 6.45) is 0.902. The lowest BCUT2D eigenvalue weighted by Crippen LogP contribution is -2.44. The zero-order chi connectivity index (χ0) is 12.1. The van der Waals surface area contributed by atoms with Gasteiger partial charge in [-0.1, -0.05) is 31.9 Å². The van der Waals surface area contributed by atoms with Crippen molar-refractivity contribution in [1.29, 1.82) is 0 Å². The van der Waals surface area contributed by atoms with Gasteiger partial charge in [0.15, 0.2) is 0 Å². The molecule has 0 aliphatic rings. The predicted octanol–water partition coefficient (Wildman–Crippen LogP) is 2.39. The molecule has 16 heavy (non-hydrogen) atoms. The van der Waals surface area contributed by atoms with Gasteiger partial charge in [-0.25, -0.2) is 0 Å². The molecule has 0 fully saturated rings. The second kappa shape index (κ2) is 6.23. The molecule has 5 heteroatoms. The van der Waals surface area contributed by atoms with E-state index < -0.39 is 6.04 Å². The maximum atomic E-state index is 11.7. The van der Waals surface area contributed by atoms with Crippen LogP contribution < -0.4 is 11.1 Å². The summed E-state index contributed by atoms with van der Waals surface area (Å²) < 4.78 is 0.732. The summed E-state index contributed by atoms with van der Waals surface area (Å²) in [5.41, 5.74) is 5.81. The van der Waals surface area contributed by atoms with Gasteiger partial charge < -0.3 is 11.1 Å². The van der Waals surface area contributed by atoms with Crippen LogP contribution in [-0.2, 0) is 11.3 Å². The normalized spacial score (nSPS) is 14.5. The Morgan fingerprint density at radius 2 is 2.31 bits per heavy atom. The Kier molecular flexibility index (Phi) is 5.25. The molecule has 0 spiro atoms. The lowest BCUT2D eigenvalue weighted by atomic mass is 9.99. The molecule has 0 bridgehead atoms. The van der Waals surface area contributed by atoms with E-state index in [2.05, 4.69) is 5.32 Å². The van der Waals surface area contributed by atoms with Crippen molar-refractivity contribution in [3.63, 3.8) is 0 Å². The number of nitrogens with one attached hydrogen (secondary N) is 1. The van der Waals surface area contributed by atoms with Gasteiger partial charge in [0.2, 0.25) is 5.91 Å². The Morgan fingerprint density at radius 1 is 1.62 bits per heavy atom. The van der Waals surface area contributed by atoms with Crippen LogP contribution in [0.25, 0.3) is 0 Å². The third-order valence-corrected chi connectivity index (χ3v) is 3.86. The first kappa shape index (κ1) is 13.5. The van der Waals surface area contributed by atoms with E-state index >= 15 is 0 Å². The number of nitrogens with two attached hydrogens (primary N) is 1. The molecule has 0 aliphatic carbocycles. The Balaban J connectivity index is 2.40. The van der Waals surface area contributed by atoms with E-state index in [0.717, 1.165) is 15.6 Å². The number of rotatable bonds is 5. The van der Waals surface area contributed by atoms with Crippen LogP contribution in [0.15, 0.2) is 12.1 Å². The van der Waals surface area contributed by atoms with Gasteiger partial charge in [0.1, 0.15) is 0 Å². The van der Waals surface area contributed by atoms with Crippen LogP contribution in [0.1, 0.15) is 25.1 Å². The van der Waals surface area contributed by atoms with Crippen LogP contribution in [0.4, 0.5) is 0 Å². The molecular weight excluding hydrogens is 244 g/mol. The highest BCUT2D eigenvalue weighted by Gasteiger charge is 2.18. The molecule has 3 N–H and O–H groups in total. The smallest absolute Gasteiger partial charge is 0.237 e. The zero-order valence-corrected chi connectivity index (χ0v) is 11.1. The lowest BCUT2D eigenvalue weighted by Gasteiger charge is -2.17. The molecule has 0 saturated carbocycles. The summed E-state index contributed by atoms with van der Waals surface area (Å²) in [7, 11) is 0. The van der Waals surface area contributed by atoms with Crippen molar-refractivity contribution in [3.05, 3.63) is 21.3 Å². The molecular formula is C11H17ClN2OS. The number of hydrogen-bond acceptors (Lipinski definition) is 3. The van der Waals surface area contributed by atoms with Gasteiger partial charge in [-0.3, -0.25) is 4.79 Å². The minimum Gasteiger partial charge on any atom is -0.350 e. The highest BCUT2D eigenvalue weighted by Crippen LogP contribution is 2.21. The van der Waals surface area contributed by atoms with Gasteiger partial charge in [0.25, 0.3) is 0 Å². The number of hydrogen-bond donors (Lipinski definition) is 2. The van der Waals surface area contributed by atoms with E-state index in [0.29, 0.717) is 6.54 Å². The van der Waals surface area contributed by atoms with Crippen LogP contribution in [-0.4, -0.2) is 11.9 Å². The van der Waals surface area contributed by atoms with Crippen LogP contribution in [0.2, 0.25) is 4.34 Å². The van der Waals surface area contributed by atoms with Crippen molar-refractivity contribution in [2.45, 2.75) is 32.9 Å². The van der Waals surface area contributed by atoms with Crippen LogP contribution in [0, 0.1) is 5.92 Å². The highest BCUT2D eigenvalue weighted by atomic mass is 35.5. The van der Waals surface area contributed by atoms with Gasteiger partial charge >= 0.3 is 0 Å². The SMILES string of the molecule is CC[C@H](C)[C@H](N)C(=O)NCc1ccc(Cl)s1. The van der Waals surface area contributed by atoms with Crippen molar-refractivity contribution in [3.8, 4) is 0 Å². The van der Waals surface area contributed by atoms with Crippen molar-refractivity contribution < 1.29 is 4.79 Å². The number of carbonyl (C=O) groups excluding carboxylic acids is 1. The molecule has 1 rings (SSSR count). The van der Waals surface area contributed by atoms with E-state index in [1.54, 1.807) is 0 Å². The first-order chi connectivity index (χ1) is 7.54. The molecule has 0 saturated heterocycles. The lowest BCUT2D eigenvalue weighted by molar-refractivity contribution is -0.123. The predicted molar refractivity (Wildman–Crippen MR) is 68.6 cm³/mol. The first-order valence-electron chi connectivity index (χ1n) is 5.32. The van der Waals surface area contributed by atoms with Gasteiger partial charge in [0.05, 0.1) is 16.9 Å². The van der Waals surface area contributed by atoms with Gasteiger partial charge in [-0.2, -0.15) is 0 Å². The third-order valence-electron chi connectivity index (χ3n) is 2.63. The topological polar surface area (TPSA) is 55.1 Å². The van der Waals surface area contributed by atoms with Crippen LogP contribution >= 0.6 is 22.9 Å². The van der Waals surface area contributed by atoms with Crippen molar-refractivity contribution >= 4 is 28.8 Å². The highest BCUT2D eigenvalue weighted by molar-refractivity contribution is 7.16. The zero-order valence-electron chi connectivity index (χ0n) is 9.50. The van der Waals surface area contributed by atoms with E-state index in [1.165, 1.54) is 11.3 Å². The van der Waals surface area contributed by atoms with Crippen molar-refractivity contribution in [1.82, 2.24) is 5.32 Å². The number of carbonyl (C=O) groups is 1. The summed E-state index contributed by atoms with van der Waals surface area (Å²) in [6.45, 7) is 4.50. The second-order valence-corrected chi connectivity index (χ2v) is 5.63. The van der Waals surface area contributed by atoms with E-state index in [4.69, 9.17) is 17.3 Å². The van der Waals surface area contributed by atoms with Crippen LogP contribution in [0.3, 0.4) is 0 Å². The quantitative estimate of drug-likeness (QED) is 0.854. The Bertz CT molecular complexity index is 354. The molecule has 0 unspecified atom stereocenters. The van der Waals surface area contributed by atoms with Gasteiger partial charge in [-0.05, 0) is 18.1 Å². The van der Waals surface area contributed by atoms with Gasteiger partial charge in [-0.15, -0.1) is 11.3 Å². The summed E-state index contributed by atoms with van der Waals surface area (Å²) in [5.74, 6) is 0.103. The summed E-state index contributed by atoms with van der Waals surface area (Å²) >= 11 is 7.26. The average molecular weight is 261 g/mol. The molecule has 0 aliphatic heterocycles. The Labute approximate surface area is 105 Å². The fraction of sp³-hybridized carbons (Fsp3) is 0.545. The molecule has 0 aromatic carbocycles. The van der Waals surface area contributed by atoms with E-state index in [9.17, 15) is 4.79 Å². The molecule has 1 heterocycles. The first-order valence-corrected chi connectivity index (χ1v) is 6.51. The minimum atomic E-state index is -0.430. The van der Waals surface area contributed by atoms with Gasteiger partial charge in [0, 0.05) is 4.88 Å². The van der Waals surface area contributed by atoms with Crippen molar-refractivity contribution in [2.24, 2.45) is 11.7 Å².